The Morgan fingerprint density at radius 3 is 2.84 bits per heavy atom. The molecule has 0 atom stereocenters. The highest BCUT2D eigenvalue weighted by atomic mass is 32.1. The molecule has 0 aliphatic rings. The van der Waals surface area contributed by atoms with Crippen LogP contribution in [0.4, 0.5) is 0 Å². The van der Waals surface area contributed by atoms with Crippen molar-refractivity contribution in [2.75, 3.05) is 7.05 Å². The molecule has 4 rings (SSSR count). The zero-order chi connectivity index (χ0) is 17.6. The monoisotopic (exact) mass is 354 g/mol. The summed E-state index contributed by atoms with van der Waals surface area (Å²) in [6.45, 7) is 2.04. The molecule has 9 heteroatoms. The van der Waals surface area contributed by atoms with Gasteiger partial charge in [0.15, 0.2) is 11.1 Å². The molecule has 0 aliphatic heterocycles. The number of fused-ring (bicyclic) bond motifs is 1. The van der Waals surface area contributed by atoms with Crippen molar-refractivity contribution < 1.29 is 5.11 Å². The van der Waals surface area contributed by atoms with Crippen LogP contribution in [0.5, 0.6) is 5.88 Å². The fraction of sp³-hybridized carbons (Fsp3) is 0.125. The van der Waals surface area contributed by atoms with Gasteiger partial charge in [-0.1, -0.05) is 0 Å². The summed E-state index contributed by atoms with van der Waals surface area (Å²) in [6, 6.07) is 5.94. The van der Waals surface area contributed by atoms with E-state index in [0.29, 0.717) is 16.4 Å². The molecule has 0 fully saturated rings. The number of rotatable bonds is 2. The Labute approximate surface area is 144 Å². The average Bonchev–Trinajstić information content (AvgIpc) is 3.27. The maximum atomic E-state index is 11.3. The molecule has 0 aliphatic carbocycles. The van der Waals surface area contributed by atoms with Crippen molar-refractivity contribution in [1.29, 1.82) is 0 Å². The lowest BCUT2D eigenvalue weighted by atomic mass is 10.3. The molecular weight excluding hydrogens is 340 g/mol. The molecule has 0 saturated heterocycles. The largest absolute Gasteiger partial charge is 0.493 e. The summed E-state index contributed by atoms with van der Waals surface area (Å²) in [5, 5.41) is 14.7. The number of imidazole rings is 1. The van der Waals surface area contributed by atoms with E-state index in [4.69, 9.17) is 4.98 Å². The van der Waals surface area contributed by atoms with Crippen LogP contribution in [-0.2, 0) is 0 Å². The number of nitrogens with one attached hydrogen (secondary N) is 2. The van der Waals surface area contributed by atoms with Gasteiger partial charge in [-0.25, -0.2) is 9.78 Å². The average molecular weight is 354 g/mol. The van der Waals surface area contributed by atoms with Crippen LogP contribution in [0.2, 0.25) is 0 Å². The Kier molecular flexibility index (Phi) is 3.50. The van der Waals surface area contributed by atoms with E-state index in [1.54, 1.807) is 35.2 Å². The third kappa shape index (κ3) is 2.64. The Hall–Kier alpha value is -3.20. The highest BCUT2D eigenvalue weighted by Crippen LogP contribution is 2.25. The van der Waals surface area contributed by atoms with Crippen molar-refractivity contribution in [1.82, 2.24) is 24.6 Å². The summed E-state index contributed by atoms with van der Waals surface area (Å²) in [5.74, 6) is -0.227. The van der Waals surface area contributed by atoms with E-state index in [2.05, 4.69) is 20.1 Å². The van der Waals surface area contributed by atoms with Crippen LogP contribution in [-0.4, -0.2) is 36.7 Å². The SMILES string of the molecule is CN=c1cc(-c2ccc(C)s2)nc2c(=Cc3[nH]c(=O)[nH]c3O)cnn12. The number of H-pyrrole nitrogens is 2. The smallest absolute Gasteiger partial charge is 0.326 e. The van der Waals surface area contributed by atoms with Crippen LogP contribution < -0.4 is 16.4 Å². The lowest BCUT2D eigenvalue weighted by molar-refractivity contribution is 0.454. The molecule has 8 nitrogen and oxygen atoms in total. The number of aromatic hydroxyl groups is 1. The molecule has 0 saturated carbocycles. The van der Waals surface area contributed by atoms with Gasteiger partial charge in [-0.15, -0.1) is 11.3 Å². The predicted molar refractivity (Wildman–Crippen MR) is 94.4 cm³/mol. The molecule has 4 aromatic rings. The molecule has 25 heavy (non-hydrogen) atoms. The van der Waals surface area contributed by atoms with Gasteiger partial charge in [0.2, 0.25) is 5.88 Å². The first kappa shape index (κ1) is 15.3. The van der Waals surface area contributed by atoms with Gasteiger partial charge in [-0.2, -0.15) is 9.61 Å². The number of nitrogens with zero attached hydrogens (tertiary/aromatic N) is 4. The number of aryl methyl sites for hydroxylation is 1. The number of aromatic amines is 2. The standard InChI is InChI=1S/C16H14N6O2S/c1-8-3-4-12(25-8)10-6-13(17-2)22-14(19-10)9(7-18-22)5-11-15(23)21-16(24)20-11/h3-7,23H,1-2H3,(H2,20,21,24). The van der Waals surface area contributed by atoms with E-state index >= 15 is 0 Å². The molecule has 3 N–H and O–H groups in total. The van der Waals surface area contributed by atoms with Gasteiger partial charge < -0.3 is 10.1 Å². The van der Waals surface area contributed by atoms with Gasteiger partial charge in [0, 0.05) is 23.2 Å². The highest BCUT2D eigenvalue weighted by molar-refractivity contribution is 7.15. The summed E-state index contributed by atoms with van der Waals surface area (Å²) < 4.78 is 1.62. The summed E-state index contributed by atoms with van der Waals surface area (Å²) in [5.41, 5.74) is 1.84. The summed E-state index contributed by atoms with van der Waals surface area (Å²) in [7, 11) is 1.69. The Balaban J connectivity index is 2.01. The van der Waals surface area contributed by atoms with E-state index < -0.39 is 5.69 Å². The summed E-state index contributed by atoms with van der Waals surface area (Å²) in [6.07, 6.45) is 3.23. The van der Waals surface area contributed by atoms with Crippen LogP contribution in [0.1, 0.15) is 10.6 Å². The van der Waals surface area contributed by atoms with Crippen LogP contribution in [0.25, 0.3) is 22.3 Å². The number of hydrogen-bond acceptors (Lipinski definition) is 6. The van der Waals surface area contributed by atoms with Crippen LogP contribution in [0, 0.1) is 6.92 Å². The highest BCUT2D eigenvalue weighted by Gasteiger charge is 2.09. The van der Waals surface area contributed by atoms with Crippen LogP contribution in [0.3, 0.4) is 0 Å². The number of thiophene rings is 1. The molecule has 126 valence electrons. The molecule has 4 aromatic heterocycles. The predicted octanol–water partition coefficient (Wildman–Crippen LogP) is 0.566. The van der Waals surface area contributed by atoms with Gasteiger partial charge in [-0.3, -0.25) is 9.98 Å². The first-order valence-corrected chi connectivity index (χ1v) is 8.28. The van der Waals surface area contributed by atoms with Gasteiger partial charge in [-0.05, 0) is 25.1 Å². The molecule has 0 aromatic carbocycles. The topological polar surface area (TPSA) is 111 Å². The zero-order valence-corrected chi connectivity index (χ0v) is 14.3. The number of hydrogen-bond donors (Lipinski definition) is 3. The molecule has 4 heterocycles. The minimum Gasteiger partial charge on any atom is -0.493 e. The lowest BCUT2D eigenvalue weighted by Crippen LogP contribution is -2.18. The first-order chi connectivity index (χ1) is 12.0. The van der Waals surface area contributed by atoms with Crippen molar-refractivity contribution in [3.05, 3.63) is 56.2 Å². The van der Waals surface area contributed by atoms with E-state index in [0.717, 1.165) is 10.6 Å². The number of aromatic nitrogens is 5. The maximum absolute atomic E-state index is 11.3. The second kappa shape index (κ2) is 5.71. The zero-order valence-electron chi connectivity index (χ0n) is 13.4. The lowest BCUT2D eigenvalue weighted by Gasteiger charge is -1.99. The molecular formula is C16H14N6O2S. The third-order valence-electron chi connectivity index (χ3n) is 3.74. The molecule has 0 spiro atoms. The first-order valence-electron chi connectivity index (χ1n) is 7.46. The maximum Gasteiger partial charge on any atom is 0.326 e. The van der Waals surface area contributed by atoms with Crippen molar-refractivity contribution in [2.24, 2.45) is 4.99 Å². The molecule has 0 radical (unpaired) electrons. The minimum absolute atomic E-state index is 0.227. The quantitative estimate of drug-likeness (QED) is 0.488. The van der Waals surface area contributed by atoms with Crippen molar-refractivity contribution in [3.8, 4) is 16.5 Å². The van der Waals surface area contributed by atoms with E-state index in [9.17, 15) is 9.90 Å². The molecule has 0 unspecified atom stereocenters. The Bertz CT molecular complexity index is 1260. The second-order valence-corrected chi connectivity index (χ2v) is 6.74. The fourth-order valence-corrected chi connectivity index (χ4v) is 3.40. The van der Waals surface area contributed by atoms with Gasteiger partial charge in [0.25, 0.3) is 0 Å². The van der Waals surface area contributed by atoms with E-state index in [1.807, 2.05) is 25.1 Å². The normalized spacial score (nSPS) is 13.2. The second-order valence-electron chi connectivity index (χ2n) is 5.45. The minimum atomic E-state index is -0.479. The van der Waals surface area contributed by atoms with E-state index in [1.165, 1.54) is 4.88 Å². The summed E-state index contributed by atoms with van der Waals surface area (Å²) in [4.78, 5) is 27.3. The molecule has 0 bridgehead atoms. The van der Waals surface area contributed by atoms with Gasteiger partial charge in [0.1, 0.15) is 5.69 Å². The van der Waals surface area contributed by atoms with Crippen LogP contribution in [0.15, 0.2) is 34.2 Å². The van der Waals surface area contributed by atoms with E-state index in [-0.39, 0.29) is 11.6 Å². The summed E-state index contributed by atoms with van der Waals surface area (Å²) >= 11 is 1.65. The third-order valence-corrected chi connectivity index (χ3v) is 4.76. The van der Waals surface area contributed by atoms with Gasteiger partial charge >= 0.3 is 5.69 Å². The molecule has 0 amide bonds. The Morgan fingerprint density at radius 2 is 2.20 bits per heavy atom. The van der Waals surface area contributed by atoms with Crippen molar-refractivity contribution in [3.63, 3.8) is 0 Å². The van der Waals surface area contributed by atoms with Crippen LogP contribution >= 0.6 is 11.3 Å². The van der Waals surface area contributed by atoms with Crippen molar-refractivity contribution in [2.45, 2.75) is 6.92 Å². The fourth-order valence-electron chi connectivity index (χ4n) is 2.57. The Morgan fingerprint density at radius 1 is 1.36 bits per heavy atom. The van der Waals surface area contributed by atoms with Crippen molar-refractivity contribution >= 4 is 23.1 Å². The van der Waals surface area contributed by atoms with Gasteiger partial charge in [0.05, 0.1) is 16.8 Å².